The lowest BCUT2D eigenvalue weighted by Gasteiger charge is -2.57. The molecule has 3 nitrogen and oxygen atoms in total. The molecule has 144 valence electrons. The third-order valence-electron chi connectivity index (χ3n) is 8.40. The van der Waals surface area contributed by atoms with Gasteiger partial charge in [-0.15, -0.1) is 0 Å². The van der Waals surface area contributed by atoms with Gasteiger partial charge < -0.3 is 10.1 Å². The average Bonchev–Trinajstić information content (AvgIpc) is 2.92. The van der Waals surface area contributed by atoms with Gasteiger partial charge in [0.2, 0.25) is 0 Å². The fourth-order valence-electron chi connectivity index (χ4n) is 7.12. The number of aliphatic hydroxyl groups is 1. The summed E-state index contributed by atoms with van der Waals surface area (Å²) in [5.74, 6) is 2.34. The van der Waals surface area contributed by atoms with Crippen LogP contribution in [0.15, 0.2) is 28.4 Å². The second-order valence-electron chi connectivity index (χ2n) is 10.00. The van der Waals surface area contributed by atoms with Crippen LogP contribution < -0.4 is 0 Å². The van der Waals surface area contributed by atoms with Gasteiger partial charge in [0.15, 0.2) is 0 Å². The molecule has 1 N–H and O–H groups in total. The van der Waals surface area contributed by atoms with Crippen LogP contribution in [0.3, 0.4) is 0 Å². The van der Waals surface area contributed by atoms with Crippen molar-refractivity contribution in [1.82, 2.24) is 5.01 Å². The van der Waals surface area contributed by atoms with Crippen LogP contribution in [0.2, 0.25) is 0 Å². The Labute approximate surface area is 159 Å². The van der Waals surface area contributed by atoms with Crippen molar-refractivity contribution in [3.63, 3.8) is 0 Å². The second kappa shape index (κ2) is 6.22. The predicted octanol–water partition coefficient (Wildman–Crippen LogP) is 4.78. The molecular weight excluding hydrogens is 320 g/mol. The molecule has 0 spiro atoms. The van der Waals surface area contributed by atoms with E-state index in [1.165, 1.54) is 43.4 Å². The van der Waals surface area contributed by atoms with Gasteiger partial charge in [0, 0.05) is 14.1 Å². The fraction of sp³-hybridized carbons (Fsp3) is 0.783. The minimum Gasteiger partial charge on any atom is -0.393 e. The summed E-state index contributed by atoms with van der Waals surface area (Å²) in [6.45, 7) is 7.20. The van der Waals surface area contributed by atoms with Gasteiger partial charge in [-0.25, -0.2) is 0 Å². The standard InChI is InChI=1S/C23H36N2O/c1-15(24-25(4)5)19-8-9-20-18-7-6-16-14-17(26)10-12-22(16,2)21(18)11-13-23(19,20)3/h6,8,17-18,20-21,26H,7,9-14H2,1-5H3/b24-15+/t17-,18-,20-,21-,22-,23+/m0/s1. The van der Waals surface area contributed by atoms with Crippen molar-refractivity contribution in [3.05, 3.63) is 23.3 Å². The van der Waals surface area contributed by atoms with Crippen LogP contribution in [0.5, 0.6) is 0 Å². The summed E-state index contributed by atoms with van der Waals surface area (Å²) in [4.78, 5) is 0. The number of allylic oxidation sites excluding steroid dienone is 3. The summed E-state index contributed by atoms with van der Waals surface area (Å²) >= 11 is 0. The zero-order valence-corrected chi connectivity index (χ0v) is 17.3. The van der Waals surface area contributed by atoms with Gasteiger partial charge in [0.05, 0.1) is 11.8 Å². The highest BCUT2D eigenvalue weighted by molar-refractivity contribution is 5.99. The van der Waals surface area contributed by atoms with Crippen molar-refractivity contribution >= 4 is 5.71 Å². The molecule has 2 fully saturated rings. The summed E-state index contributed by atoms with van der Waals surface area (Å²) in [6.07, 6.45) is 13.0. The van der Waals surface area contributed by atoms with Crippen LogP contribution in [-0.2, 0) is 0 Å². The molecule has 0 radical (unpaired) electrons. The van der Waals surface area contributed by atoms with Gasteiger partial charge in [-0.2, -0.15) is 5.10 Å². The Morgan fingerprint density at radius 3 is 2.54 bits per heavy atom. The first-order valence-corrected chi connectivity index (χ1v) is 10.6. The molecule has 4 rings (SSSR count). The van der Waals surface area contributed by atoms with Crippen molar-refractivity contribution in [2.45, 2.75) is 71.8 Å². The Morgan fingerprint density at radius 1 is 1.08 bits per heavy atom. The number of hydrogen-bond donors (Lipinski definition) is 1. The van der Waals surface area contributed by atoms with E-state index in [0.29, 0.717) is 10.8 Å². The maximum Gasteiger partial charge on any atom is 0.0608 e. The van der Waals surface area contributed by atoms with Crippen molar-refractivity contribution < 1.29 is 5.11 Å². The first-order valence-electron chi connectivity index (χ1n) is 10.6. The van der Waals surface area contributed by atoms with Crippen LogP contribution in [0.4, 0.5) is 0 Å². The smallest absolute Gasteiger partial charge is 0.0608 e. The highest BCUT2D eigenvalue weighted by Gasteiger charge is 2.56. The topological polar surface area (TPSA) is 35.8 Å². The lowest BCUT2D eigenvalue weighted by molar-refractivity contribution is -0.0279. The predicted molar refractivity (Wildman–Crippen MR) is 108 cm³/mol. The third-order valence-corrected chi connectivity index (χ3v) is 8.40. The highest BCUT2D eigenvalue weighted by atomic mass is 16.3. The Hall–Kier alpha value is -1.09. The van der Waals surface area contributed by atoms with Crippen molar-refractivity contribution in [1.29, 1.82) is 0 Å². The number of hydrazone groups is 1. The number of fused-ring (bicyclic) bond motifs is 5. The number of nitrogens with zero attached hydrogens (tertiary/aromatic N) is 2. The van der Waals surface area contributed by atoms with Crippen LogP contribution in [0.25, 0.3) is 0 Å². The zero-order valence-electron chi connectivity index (χ0n) is 17.3. The van der Waals surface area contributed by atoms with E-state index in [9.17, 15) is 5.11 Å². The molecule has 3 heteroatoms. The molecule has 26 heavy (non-hydrogen) atoms. The van der Waals surface area contributed by atoms with E-state index in [4.69, 9.17) is 5.10 Å². The van der Waals surface area contributed by atoms with Crippen LogP contribution in [-0.4, -0.2) is 36.0 Å². The normalized spacial score (nSPS) is 45.2. The molecule has 0 aliphatic heterocycles. The maximum absolute atomic E-state index is 10.2. The molecule has 6 atom stereocenters. The molecule has 4 aliphatic rings. The monoisotopic (exact) mass is 356 g/mol. The van der Waals surface area contributed by atoms with E-state index < -0.39 is 0 Å². The molecule has 0 saturated heterocycles. The first-order chi connectivity index (χ1) is 12.3. The van der Waals surface area contributed by atoms with Gasteiger partial charge >= 0.3 is 0 Å². The zero-order chi connectivity index (χ0) is 18.7. The number of hydrogen-bond acceptors (Lipinski definition) is 3. The van der Waals surface area contributed by atoms with Crippen LogP contribution in [0.1, 0.15) is 65.7 Å². The molecule has 0 aromatic carbocycles. The third kappa shape index (κ3) is 2.61. The summed E-state index contributed by atoms with van der Waals surface area (Å²) in [6, 6.07) is 0. The average molecular weight is 357 g/mol. The maximum atomic E-state index is 10.2. The van der Waals surface area contributed by atoms with Crippen molar-refractivity contribution in [2.24, 2.45) is 33.7 Å². The summed E-state index contributed by atoms with van der Waals surface area (Å²) < 4.78 is 0. The van der Waals surface area contributed by atoms with Gasteiger partial charge in [-0.05, 0) is 86.0 Å². The van der Waals surface area contributed by atoms with Crippen LogP contribution in [0, 0.1) is 28.6 Å². The lowest BCUT2D eigenvalue weighted by atomic mass is 9.47. The van der Waals surface area contributed by atoms with E-state index in [1.807, 2.05) is 19.1 Å². The summed E-state index contributed by atoms with van der Waals surface area (Å²) in [7, 11) is 4.03. The summed E-state index contributed by atoms with van der Waals surface area (Å²) in [5, 5.41) is 16.8. The highest BCUT2D eigenvalue weighted by Crippen LogP contribution is 2.65. The number of aliphatic hydroxyl groups excluding tert-OH is 1. The molecule has 0 amide bonds. The SMILES string of the molecule is C/C(=N\N(C)C)C1=CC[C@H]2[C@@H]3CC=C4C[C@@H](O)CC[C@]4(C)[C@H]3CC[C@]12C. The molecule has 4 aliphatic carbocycles. The largest absolute Gasteiger partial charge is 0.393 e. The van der Waals surface area contributed by atoms with Gasteiger partial charge in [-0.1, -0.05) is 31.6 Å². The Kier molecular flexibility index (Phi) is 4.38. The van der Waals surface area contributed by atoms with Crippen molar-refractivity contribution in [2.75, 3.05) is 14.1 Å². The minimum absolute atomic E-state index is 0.107. The molecule has 0 aromatic heterocycles. The summed E-state index contributed by atoms with van der Waals surface area (Å²) in [5.41, 5.74) is 4.91. The first kappa shape index (κ1) is 18.3. The second-order valence-corrected chi connectivity index (χ2v) is 10.00. The molecule has 0 aromatic rings. The Balaban J connectivity index is 1.63. The lowest BCUT2D eigenvalue weighted by Crippen LogP contribution is -2.50. The van der Waals surface area contributed by atoms with E-state index in [-0.39, 0.29) is 6.10 Å². The molecular formula is C23H36N2O. The number of rotatable bonds is 2. The Bertz CT molecular complexity index is 676. The fourth-order valence-corrected chi connectivity index (χ4v) is 7.12. The molecule has 0 heterocycles. The van der Waals surface area contributed by atoms with E-state index in [2.05, 4.69) is 32.9 Å². The van der Waals surface area contributed by atoms with Crippen LogP contribution >= 0.6 is 0 Å². The van der Waals surface area contributed by atoms with Gasteiger partial charge in [0.25, 0.3) is 0 Å². The molecule has 0 bridgehead atoms. The van der Waals surface area contributed by atoms with Gasteiger partial charge in [-0.3, -0.25) is 0 Å². The van der Waals surface area contributed by atoms with E-state index in [0.717, 1.165) is 30.6 Å². The minimum atomic E-state index is -0.107. The van der Waals surface area contributed by atoms with Gasteiger partial charge in [0.1, 0.15) is 0 Å². The Morgan fingerprint density at radius 2 is 1.81 bits per heavy atom. The van der Waals surface area contributed by atoms with E-state index >= 15 is 0 Å². The molecule has 2 saturated carbocycles. The molecule has 0 unspecified atom stereocenters. The van der Waals surface area contributed by atoms with Crippen molar-refractivity contribution in [3.8, 4) is 0 Å². The quantitative estimate of drug-likeness (QED) is 0.439. The van der Waals surface area contributed by atoms with E-state index in [1.54, 1.807) is 5.57 Å².